The van der Waals surface area contributed by atoms with Crippen LogP contribution in [0.4, 0.5) is 5.69 Å². The molecule has 0 saturated heterocycles. The summed E-state index contributed by atoms with van der Waals surface area (Å²) in [5, 5.41) is 15.2. The molecule has 2 heterocycles. The molecule has 0 bridgehead atoms. The number of nitro groups is 1. The highest BCUT2D eigenvalue weighted by Crippen LogP contribution is 2.21. The molecule has 3 aromatic rings. The molecule has 25 heavy (non-hydrogen) atoms. The molecular weight excluding hydrogens is 322 g/mol. The molecule has 1 unspecified atom stereocenters. The Kier molecular flexibility index (Phi) is 4.38. The van der Waals surface area contributed by atoms with Crippen LogP contribution in [0.5, 0.6) is 0 Å². The third-order valence-electron chi connectivity index (χ3n) is 3.64. The van der Waals surface area contributed by atoms with E-state index in [0.717, 1.165) is 5.56 Å². The van der Waals surface area contributed by atoms with Crippen LogP contribution in [0.25, 0.3) is 5.78 Å². The second-order valence-corrected chi connectivity index (χ2v) is 5.67. The molecular formula is C16H17N7O2. The lowest BCUT2D eigenvalue weighted by atomic mass is 10.1. The predicted octanol–water partition coefficient (Wildman–Crippen LogP) is 2.10. The van der Waals surface area contributed by atoms with Gasteiger partial charge in [0.15, 0.2) is 5.84 Å². The molecule has 2 aromatic heterocycles. The summed E-state index contributed by atoms with van der Waals surface area (Å²) in [7, 11) is 3.72. The Morgan fingerprint density at radius 2 is 2.04 bits per heavy atom. The molecule has 0 amide bonds. The van der Waals surface area contributed by atoms with Gasteiger partial charge >= 0.3 is 0 Å². The minimum atomic E-state index is -0.420. The average Bonchev–Trinajstić information content (AvgIpc) is 3.02. The van der Waals surface area contributed by atoms with E-state index in [1.54, 1.807) is 35.1 Å². The van der Waals surface area contributed by atoms with Crippen molar-refractivity contribution in [3.05, 3.63) is 64.2 Å². The highest BCUT2D eigenvalue weighted by molar-refractivity contribution is 5.95. The summed E-state index contributed by atoms with van der Waals surface area (Å²) in [4.78, 5) is 25.4. The number of aliphatic imine (C=N–C) groups is 1. The van der Waals surface area contributed by atoms with Crippen LogP contribution in [0.2, 0.25) is 0 Å². The van der Waals surface area contributed by atoms with Crippen LogP contribution in [0.15, 0.2) is 47.7 Å². The van der Waals surface area contributed by atoms with E-state index < -0.39 is 4.92 Å². The van der Waals surface area contributed by atoms with Gasteiger partial charge in [-0.15, -0.1) is 5.10 Å². The molecule has 0 saturated carbocycles. The van der Waals surface area contributed by atoms with Crippen molar-refractivity contribution in [1.29, 1.82) is 0 Å². The van der Waals surface area contributed by atoms with Gasteiger partial charge in [-0.2, -0.15) is 4.98 Å². The van der Waals surface area contributed by atoms with E-state index in [1.165, 1.54) is 12.1 Å². The van der Waals surface area contributed by atoms with Crippen LogP contribution in [-0.4, -0.2) is 49.3 Å². The zero-order valence-electron chi connectivity index (χ0n) is 14.1. The van der Waals surface area contributed by atoms with Crippen molar-refractivity contribution < 1.29 is 4.92 Å². The molecule has 0 aliphatic carbocycles. The molecule has 1 atom stereocenters. The van der Waals surface area contributed by atoms with Gasteiger partial charge in [0.05, 0.1) is 11.0 Å². The number of nitro benzene ring substituents is 1. The SMILES string of the molecule is CC(N=C(c1nc2ncccn2n1)N(C)C)c1ccc([N+](=O)[O-])cc1. The van der Waals surface area contributed by atoms with Crippen LogP contribution < -0.4 is 0 Å². The molecule has 3 rings (SSSR count). The number of amidine groups is 1. The molecule has 0 radical (unpaired) electrons. The number of hydrogen-bond acceptors (Lipinski definition) is 6. The zero-order valence-corrected chi connectivity index (χ0v) is 14.1. The van der Waals surface area contributed by atoms with Crippen molar-refractivity contribution in [2.24, 2.45) is 4.99 Å². The maximum absolute atomic E-state index is 10.8. The largest absolute Gasteiger partial charge is 0.360 e. The Morgan fingerprint density at radius 3 is 2.64 bits per heavy atom. The summed E-state index contributed by atoms with van der Waals surface area (Å²) in [6, 6.07) is 7.93. The molecule has 0 aliphatic heterocycles. The van der Waals surface area contributed by atoms with Gasteiger partial charge < -0.3 is 4.90 Å². The highest BCUT2D eigenvalue weighted by atomic mass is 16.6. The molecule has 0 aliphatic rings. The van der Waals surface area contributed by atoms with Gasteiger partial charge in [0.25, 0.3) is 11.5 Å². The molecule has 0 N–H and O–H groups in total. The fourth-order valence-corrected chi connectivity index (χ4v) is 2.33. The Morgan fingerprint density at radius 1 is 1.32 bits per heavy atom. The second kappa shape index (κ2) is 6.63. The van der Waals surface area contributed by atoms with E-state index >= 15 is 0 Å². The monoisotopic (exact) mass is 339 g/mol. The minimum Gasteiger partial charge on any atom is -0.360 e. The van der Waals surface area contributed by atoms with Crippen molar-refractivity contribution in [1.82, 2.24) is 24.5 Å². The van der Waals surface area contributed by atoms with Gasteiger partial charge in [0.1, 0.15) is 0 Å². The summed E-state index contributed by atoms with van der Waals surface area (Å²) in [6.07, 6.45) is 3.42. The normalized spacial score (nSPS) is 13.0. The van der Waals surface area contributed by atoms with E-state index in [9.17, 15) is 10.1 Å². The Bertz CT molecular complexity index is 898. The maximum Gasteiger partial charge on any atom is 0.269 e. The van der Waals surface area contributed by atoms with Gasteiger partial charge in [-0.3, -0.25) is 15.1 Å². The van der Waals surface area contributed by atoms with Crippen molar-refractivity contribution in [3.63, 3.8) is 0 Å². The Hall–Kier alpha value is -3.36. The van der Waals surface area contributed by atoms with Crippen molar-refractivity contribution in [2.75, 3.05) is 14.1 Å². The fourth-order valence-electron chi connectivity index (χ4n) is 2.33. The van der Waals surface area contributed by atoms with Gasteiger partial charge in [-0.25, -0.2) is 9.50 Å². The summed E-state index contributed by atoms with van der Waals surface area (Å²) in [6.45, 7) is 1.92. The van der Waals surface area contributed by atoms with Crippen molar-refractivity contribution in [3.8, 4) is 0 Å². The first-order chi connectivity index (χ1) is 12.0. The standard InChI is InChI=1S/C16H17N7O2/c1-11(12-5-7-13(8-6-12)23(24)25)18-15(21(2)3)14-19-16-17-9-4-10-22(16)20-14/h4-11H,1-3H3. The van der Waals surface area contributed by atoms with Gasteiger partial charge in [-0.1, -0.05) is 12.1 Å². The number of nitrogens with zero attached hydrogens (tertiary/aromatic N) is 7. The third kappa shape index (κ3) is 3.44. The first kappa shape index (κ1) is 16.5. The zero-order chi connectivity index (χ0) is 18.0. The van der Waals surface area contributed by atoms with E-state index in [4.69, 9.17) is 4.99 Å². The van der Waals surface area contributed by atoms with Crippen LogP contribution in [-0.2, 0) is 0 Å². The van der Waals surface area contributed by atoms with Crippen molar-refractivity contribution >= 4 is 17.3 Å². The molecule has 128 valence electrons. The highest BCUT2D eigenvalue weighted by Gasteiger charge is 2.16. The topological polar surface area (TPSA) is 102 Å². The number of non-ortho nitro benzene ring substituents is 1. The van der Waals surface area contributed by atoms with Crippen LogP contribution >= 0.6 is 0 Å². The molecule has 0 spiro atoms. The predicted molar refractivity (Wildman–Crippen MR) is 92.5 cm³/mol. The lowest BCUT2D eigenvalue weighted by Crippen LogP contribution is -2.25. The fraction of sp³-hybridized carbons (Fsp3) is 0.250. The van der Waals surface area contributed by atoms with E-state index in [2.05, 4.69) is 15.1 Å². The lowest BCUT2D eigenvalue weighted by molar-refractivity contribution is -0.384. The third-order valence-corrected chi connectivity index (χ3v) is 3.64. The lowest BCUT2D eigenvalue weighted by Gasteiger charge is -2.15. The minimum absolute atomic E-state index is 0.0563. The number of benzene rings is 1. The smallest absolute Gasteiger partial charge is 0.269 e. The molecule has 0 fully saturated rings. The van der Waals surface area contributed by atoms with Crippen molar-refractivity contribution in [2.45, 2.75) is 13.0 Å². The number of aromatic nitrogens is 4. The van der Waals surface area contributed by atoms with Gasteiger partial charge in [0.2, 0.25) is 5.82 Å². The summed E-state index contributed by atoms with van der Waals surface area (Å²) < 4.78 is 1.59. The Balaban J connectivity index is 1.94. The van der Waals surface area contributed by atoms with Gasteiger partial charge in [0, 0.05) is 38.6 Å². The second-order valence-electron chi connectivity index (χ2n) is 5.67. The summed E-state index contributed by atoms with van der Waals surface area (Å²) in [5.41, 5.74) is 0.924. The average molecular weight is 339 g/mol. The van der Waals surface area contributed by atoms with Crippen LogP contribution in [0.3, 0.4) is 0 Å². The number of rotatable bonds is 4. The summed E-state index contributed by atoms with van der Waals surface area (Å²) in [5.74, 6) is 1.57. The summed E-state index contributed by atoms with van der Waals surface area (Å²) >= 11 is 0. The molecule has 9 nitrogen and oxygen atoms in total. The van der Waals surface area contributed by atoms with Crippen LogP contribution in [0.1, 0.15) is 24.4 Å². The van der Waals surface area contributed by atoms with E-state index in [1.807, 2.05) is 25.9 Å². The number of fused-ring (bicyclic) bond motifs is 1. The van der Waals surface area contributed by atoms with Crippen LogP contribution in [0, 0.1) is 10.1 Å². The Labute approximate surface area is 143 Å². The van der Waals surface area contributed by atoms with E-state index in [-0.39, 0.29) is 11.7 Å². The van der Waals surface area contributed by atoms with Gasteiger partial charge in [-0.05, 0) is 18.6 Å². The van der Waals surface area contributed by atoms with E-state index in [0.29, 0.717) is 17.4 Å². The maximum atomic E-state index is 10.8. The molecule has 9 heteroatoms. The first-order valence-electron chi connectivity index (χ1n) is 7.63. The number of hydrogen-bond donors (Lipinski definition) is 0. The first-order valence-corrected chi connectivity index (χ1v) is 7.63. The molecule has 1 aromatic carbocycles. The quantitative estimate of drug-likeness (QED) is 0.312.